The molecule has 1 aromatic heterocycles. The third-order valence-corrected chi connectivity index (χ3v) is 2.27. The second kappa shape index (κ2) is 4.56. The van der Waals surface area contributed by atoms with Crippen LogP contribution in [0.2, 0.25) is 0 Å². The van der Waals surface area contributed by atoms with Crippen molar-refractivity contribution >= 4 is 17.2 Å². The number of aromatic nitrogens is 1. The molecule has 6 heteroatoms. The van der Waals surface area contributed by atoms with Crippen LogP contribution < -0.4 is 11.1 Å². The van der Waals surface area contributed by atoms with Gasteiger partial charge in [0.25, 0.3) is 0 Å². The van der Waals surface area contributed by atoms with Gasteiger partial charge >= 0.3 is 6.18 Å². The van der Waals surface area contributed by atoms with Crippen molar-refractivity contribution < 1.29 is 13.2 Å². The smallest absolute Gasteiger partial charge is 0.397 e. The first-order valence-corrected chi connectivity index (χ1v) is 5.11. The van der Waals surface area contributed by atoms with E-state index in [-0.39, 0.29) is 0 Å². The van der Waals surface area contributed by atoms with Crippen LogP contribution in [-0.2, 0) is 6.18 Å². The summed E-state index contributed by atoms with van der Waals surface area (Å²) < 4.78 is 37.0. The molecule has 1 aromatic carbocycles. The molecule has 2 aromatic rings. The molecule has 0 aliphatic rings. The fourth-order valence-electron chi connectivity index (χ4n) is 1.37. The summed E-state index contributed by atoms with van der Waals surface area (Å²) in [6.07, 6.45) is -2.86. The summed E-state index contributed by atoms with van der Waals surface area (Å²) in [4.78, 5) is 3.99. The monoisotopic (exact) mass is 253 g/mol. The first kappa shape index (κ1) is 12.2. The van der Waals surface area contributed by atoms with Crippen LogP contribution >= 0.6 is 0 Å². The molecule has 0 bridgehead atoms. The molecule has 0 radical (unpaired) electrons. The fourth-order valence-corrected chi connectivity index (χ4v) is 1.37. The summed E-state index contributed by atoms with van der Waals surface area (Å²) in [5.41, 5.74) is 5.84. The highest BCUT2D eigenvalue weighted by atomic mass is 19.4. The van der Waals surface area contributed by atoms with Gasteiger partial charge in [0.05, 0.1) is 17.4 Å². The van der Waals surface area contributed by atoms with Crippen molar-refractivity contribution in [2.75, 3.05) is 11.1 Å². The van der Waals surface area contributed by atoms with Crippen LogP contribution in [0.25, 0.3) is 0 Å². The van der Waals surface area contributed by atoms with Gasteiger partial charge in [0, 0.05) is 5.69 Å². The molecular weight excluding hydrogens is 243 g/mol. The lowest BCUT2D eigenvalue weighted by molar-refractivity contribution is -0.137. The van der Waals surface area contributed by atoms with Gasteiger partial charge in [0.2, 0.25) is 0 Å². The molecule has 0 aliphatic heterocycles. The molecule has 0 unspecified atom stereocenters. The molecular formula is C12H10F3N3. The van der Waals surface area contributed by atoms with Crippen molar-refractivity contribution in [2.24, 2.45) is 0 Å². The number of pyridine rings is 1. The molecule has 18 heavy (non-hydrogen) atoms. The van der Waals surface area contributed by atoms with E-state index in [1.54, 1.807) is 12.1 Å². The maximum Gasteiger partial charge on any atom is 0.416 e. The lowest BCUT2D eigenvalue weighted by atomic mass is 10.2. The number of nitrogens with zero attached hydrogens (tertiary/aromatic N) is 1. The summed E-state index contributed by atoms with van der Waals surface area (Å²) in [5, 5.41) is 2.88. The molecule has 1 heterocycles. The van der Waals surface area contributed by atoms with Gasteiger partial charge in [-0.25, -0.2) is 4.98 Å². The highest BCUT2D eigenvalue weighted by molar-refractivity contribution is 5.57. The van der Waals surface area contributed by atoms with Gasteiger partial charge in [-0.2, -0.15) is 13.2 Å². The van der Waals surface area contributed by atoms with Crippen molar-refractivity contribution in [3.8, 4) is 0 Å². The van der Waals surface area contributed by atoms with E-state index in [4.69, 9.17) is 5.73 Å². The van der Waals surface area contributed by atoms with E-state index in [2.05, 4.69) is 10.3 Å². The number of nitrogens with two attached hydrogens (primary N) is 1. The molecule has 3 N–H and O–H groups in total. The van der Waals surface area contributed by atoms with Gasteiger partial charge in [0.1, 0.15) is 5.82 Å². The minimum Gasteiger partial charge on any atom is -0.397 e. The average molecular weight is 253 g/mol. The Bertz CT molecular complexity index is 518. The quantitative estimate of drug-likeness (QED) is 0.862. The summed E-state index contributed by atoms with van der Waals surface area (Å²) in [5.74, 6) is 0.518. The van der Waals surface area contributed by atoms with E-state index in [0.717, 1.165) is 12.1 Å². The van der Waals surface area contributed by atoms with Gasteiger partial charge in [-0.1, -0.05) is 0 Å². The zero-order valence-corrected chi connectivity index (χ0v) is 9.20. The van der Waals surface area contributed by atoms with E-state index in [0.29, 0.717) is 17.2 Å². The van der Waals surface area contributed by atoms with Crippen LogP contribution in [0.4, 0.5) is 30.4 Å². The molecule has 0 spiro atoms. The van der Waals surface area contributed by atoms with Crippen molar-refractivity contribution in [3.63, 3.8) is 0 Å². The second-order valence-corrected chi connectivity index (χ2v) is 3.68. The number of nitrogens with one attached hydrogen (secondary N) is 1. The minimum absolute atomic E-state index is 0.518. The largest absolute Gasteiger partial charge is 0.416 e. The normalized spacial score (nSPS) is 11.3. The molecule has 0 atom stereocenters. The number of benzene rings is 1. The van der Waals surface area contributed by atoms with E-state index in [9.17, 15) is 13.2 Å². The Morgan fingerprint density at radius 3 is 2.17 bits per heavy atom. The first-order valence-electron chi connectivity index (χ1n) is 5.11. The van der Waals surface area contributed by atoms with Crippen LogP contribution in [0, 0.1) is 0 Å². The molecule has 0 fully saturated rings. The lowest BCUT2D eigenvalue weighted by Gasteiger charge is -2.09. The molecule has 94 valence electrons. The van der Waals surface area contributed by atoms with Gasteiger partial charge in [-0.3, -0.25) is 0 Å². The number of nitrogen functional groups attached to an aromatic ring is 1. The number of alkyl halides is 3. The van der Waals surface area contributed by atoms with Crippen molar-refractivity contribution in [2.45, 2.75) is 6.18 Å². The summed E-state index contributed by atoms with van der Waals surface area (Å²) in [7, 11) is 0. The number of anilines is 3. The summed E-state index contributed by atoms with van der Waals surface area (Å²) >= 11 is 0. The predicted molar refractivity (Wildman–Crippen MR) is 63.4 cm³/mol. The van der Waals surface area contributed by atoms with Crippen LogP contribution in [0.1, 0.15) is 5.56 Å². The maximum atomic E-state index is 12.3. The Hall–Kier alpha value is -2.24. The number of halogens is 3. The average Bonchev–Trinajstić information content (AvgIpc) is 2.32. The fraction of sp³-hybridized carbons (Fsp3) is 0.0833. The van der Waals surface area contributed by atoms with Gasteiger partial charge in [-0.15, -0.1) is 0 Å². The molecule has 2 rings (SSSR count). The van der Waals surface area contributed by atoms with E-state index >= 15 is 0 Å². The minimum atomic E-state index is -4.32. The maximum absolute atomic E-state index is 12.3. The third-order valence-electron chi connectivity index (χ3n) is 2.27. The number of hydrogen-bond acceptors (Lipinski definition) is 3. The predicted octanol–water partition coefficient (Wildman–Crippen LogP) is 3.43. The second-order valence-electron chi connectivity index (χ2n) is 3.68. The molecule has 0 aliphatic carbocycles. The number of rotatable bonds is 2. The van der Waals surface area contributed by atoms with Crippen molar-refractivity contribution in [3.05, 3.63) is 48.2 Å². The van der Waals surface area contributed by atoms with Crippen molar-refractivity contribution in [1.82, 2.24) is 4.98 Å². The highest BCUT2D eigenvalue weighted by Crippen LogP contribution is 2.30. The van der Waals surface area contributed by atoms with E-state index in [1.165, 1.54) is 18.3 Å². The SMILES string of the molecule is Nc1ccc(Nc2ccc(C(F)(F)F)cc2)nc1. The standard InChI is InChI=1S/C12H10F3N3/c13-12(14,15)8-1-4-10(5-2-8)18-11-6-3-9(16)7-17-11/h1-7H,16H2,(H,17,18). The van der Waals surface area contributed by atoms with E-state index in [1.807, 2.05) is 0 Å². The topological polar surface area (TPSA) is 50.9 Å². The molecule has 0 saturated carbocycles. The first-order chi connectivity index (χ1) is 8.45. The zero-order valence-electron chi connectivity index (χ0n) is 9.20. The summed E-state index contributed by atoms with van der Waals surface area (Å²) in [6.45, 7) is 0. The Balaban J connectivity index is 2.13. The van der Waals surface area contributed by atoms with Gasteiger partial charge in [0.15, 0.2) is 0 Å². The van der Waals surface area contributed by atoms with Gasteiger partial charge in [-0.05, 0) is 36.4 Å². The van der Waals surface area contributed by atoms with E-state index < -0.39 is 11.7 Å². The van der Waals surface area contributed by atoms with Crippen molar-refractivity contribution in [1.29, 1.82) is 0 Å². The van der Waals surface area contributed by atoms with Crippen LogP contribution in [0.5, 0.6) is 0 Å². The highest BCUT2D eigenvalue weighted by Gasteiger charge is 2.29. The molecule has 0 amide bonds. The summed E-state index contributed by atoms with van der Waals surface area (Å²) in [6, 6.07) is 8.02. The molecule has 0 saturated heterocycles. The number of hydrogen-bond donors (Lipinski definition) is 2. The molecule has 3 nitrogen and oxygen atoms in total. The van der Waals surface area contributed by atoms with Crippen LogP contribution in [-0.4, -0.2) is 4.98 Å². The van der Waals surface area contributed by atoms with Crippen LogP contribution in [0.15, 0.2) is 42.6 Å². The Morgan fingerprint density at radius 1 is 1.00 bits per heavy atom. The zero-order chi connectivity index (χ0) is 13.2. The Morgan fingerprint density at radius 2 is 1.67 bits per heavy atom. The Labute approximate surface area is 101 Å². The third kappa shape index (κ3) is 2.91. The lowest BCUT2D eigenvalue weighted by Crippen LogP contribution is -2.04. The van der Waals surface area contributed by atoms with Crippen LogP contribution in [0.3, 0.4) is 0 Å². The van der Waals surface area contributed by atoms with Gasteiger partial charge < -0.3 is 11.1 Å². The Kier molecular flexibility index (Phi) is 3.10.